The van der Waals surface area contributed by atoms with Crippen LogP contribution in [0.3, 0.4) is 0 Å². The zero-order valence-corrected chi connectivity index (χ0v) is 18.4. The lowest BCUT2D eigenvalue weighted by atomic mass is 10.2. The van der Waals surface area contributed by atoms with Gasteiger partial charge in [-0.2, -0.15) is 0 Å². The Hall–Kier alpha value is -0.793. The quantitative estimate of drug-likeness (QED) is 0.606. The minimum Gasteiger partial charge on any atom is -0.407 e. The van der Waals surface area contributed by atoms with Crippen molar-refractivity contribution in [2.45, 2.75) is 89.4 Å². The van der Waals surface area contributed by atoms with E-state index in [4.69, 9.17) is 13.9 Å². The first-order valence-electron chi connectivity index (χ1n) is 9.97. The number of halogens is 1. The molecule has 1 aliphatic heterocycles. The average molecular weight is 399 g/mol. The summed E-state index contributed by atoms with van der Waals surface area (Å²) in [5.41, 5.74) is 2.02. The first-order valence-corrected chi connectivity index (χ1v) is 12.1. The number of ether oxygens (including phenoxy) is 2. The smallest absolute Gasteiger partial charge is 0.201 e. The van der Waals surface area contributed by atoms with Crippen LogP contribution in [0.25, 0.3) is 0 Å². The summed E-state index contributed by atoms with van der Waals surface area (Å²) in [6.07, 6.45) is -4.42. The molecule has 0 bridgehead atoms. The van der Waals surface area contributed by atoms with Gasteiger partial charge in [0.2, 0.25) is 8.32 Å². The minimum atomic E-state index is -2.30. The largest absolute Gasteiger partial charge is 0.407 e. The molecule has 0 aromatic heterocycles. The zero-order chi connectivity index (χ0) is 20.2. The molecule has 1 aromatic rings. The molecule has 1 fully saturated rings. The van der Waals surface area contributed by atoms with E-state index in [9.17, 15) is 9.50 Å². The fourth-order valence-corrected chi connectivity index (χ4v) is 10.1. The molecule has 1 heterocycles. The molecule has 0 unspecified atom stereocenters. The van der Waals surface area contributed by atoms with Crippen molar-refractivity contribution >= 4 is 8.32 Å². The molecule has 6 heteroatoms. The van der Waals surface area contributed by atoms with Crippen LogP contribution in [-0.2, 0) is 20.5 Å². The van der Waals surface area contributed by atoms with Crippen molar-refractivity contribution in [3.8, 4) is 0 Å². The highest BCUT2D eigenvalue weighted by Crippen LogP contribution is 2.45. The van der Waals surface area contributed by atoms with E-state index in [0.717, 1.165) is 5.56 Å². The maximum absolute atomic E-state index is 14.8. The highest BCUT2D eigenvalue weighted by molar-refractivity contribution is 6.77. The van der Waals surface area contributed by atoms with Gasteiger partial charge < -0.3 is 19.0 Å². The van der Waals surface area contributed by atoms with Crippen molar-refractivity contribution < 1.29 is 23.4 Å². The van der Waals surface area contributed by atoms with E-state index in [2.05, 4.69) is 41.5 Å². The van der Waals surface area contributed by atoms with Gasteiger partial charge in [0.25, 0.3) is 0 Å². The van der Waals surface area contributed by atoms with Gasteiger partial charge in [0, 0.05) is 0 Å². The Kier molecular flexibility index (Phi) is 8.01. The van der Waals surface area contributed by atoms with Crippen molar-refractivity contribution in [2.24, 2.45) is 0 Å². The van der Waals surface area contributed by atoms with Crippen molar-refractivity contribution in [2.75, 3.05) is 6.61 Å². The van der Waals surface area contributed by atoms with Crippen LogP contribution in [0.2, 0.25) is 16.6 Å². The molecule has 1 saturated heterocycles. The van der Waals surface area contributed by atoms with E-state index in [1.807, 2.05) is 30.3 Å². The SMILES string of the molecule is CC(C)[Si](O[C@H]1[C@H](F)[C@@H](O)O[C@@H]1COCc1ccccc1)(C(C)C)C(C)C. The number of hydrogen-bond acceptors (Lipinski definition) is 4. The van der Waals surface area contributed by atoms with Gasteiger partial charge in [-0.25, -0.2) is 4.39 Å². The predicted octanol–water partition coefficient (Wildman–Crippen LogP) is 4.82. The van der Waals surface area contributed by atoms with E-state index in [0.29, 0.717) is 23.2 Å². The Balaban J connectivity index is 2.10. The average Bonchev–Trinajstić information content (AvgIpc) is 2.86. The Morgan fingerprint density at radius 1 is 1.04 bits per heavy atom. The molecule has 1 aliphatic rings. The summed E-state index contributed by atoms with van der Waals surface area (Å²) in [6, 6.07) is 9.80. The highest BCUT2D eigenvalue weighted by atomic mass is 28.4. The van der Waals surface area contributed by atoms with E-state index in [1.54, 1.807) is 0 Å². The van der Waals surface area contributed by atoms with Crippen molar-refractivity contribution in [3.63, 3.8) is 0 Å². The Labute approximate surface area is 164 Å². The van der Waals surface area contributed by atoms with Crippen molar-refractivity contribution in [3.05, 3.63) is 35.9 Å². The molecular formula is C21H35FO4Si. The molecule has 0 radical (unpaired) electrons. The lowest BCUT2D eigenvalue weighted by Crippen LogP contribution is -2.53. The number of alkyl halides is 1. The first-order chi connectivity index (χ1) is 12.7. The maximum atomic E-state index is 14.8. The summed E-state index contributed by atoms with van der Waals surface area (Å²) in [4.78, 5) is 0. The zero-order valence-electron chi connectivity index (χ0n) is 17.4. The van der Waals surface area contributed by atoms with Crippen LogP contribution in [0.1, 0.15) is 47.1 Å². The molecule has 1 aromatic carbocycles. The van der Waals surface area contributed by atoms with Crippen LogP contribution in [0.15, 0.2) is 30.3 Å². The molecule has 1 N–H and O–H groups in total. The van der Waals surface area contributed by atoms with Crippen LogP contribution >= 0.6 is 0 Å². The van der Waals surface area contributed by atoms with Crippen LogP contribution < -0.4 is 0 Å². The van der Waals surface area contributed by atoms with Gasteiger partial charge in [-0.05, 0) is 22.2 Å². The van der Waals surface area contributed by atoms with E-state index in [1.165, 1.54) is 0 Å². The second-order valence-electron chi connectivity index (χ2n) is 8.41. The van der Waals surface area contributed by atoms with Crippen LogP contribution in [0.5, 0.6) is 0 Å². The molecule has 0 amide bonds. The normalized spacial score (nSPS) is 26.5. The molecule has 154 valence electrons. The third kappa shape index (κ3) is 4.98. The first kappa shape index (κ1) is 22.5. The molecule has 0 aliphatic carbocycles. The predicted molar refractivity (Wildman–Crippen MR) is 108 cm³/mol. The third-order valence-electron chi connectivity index (χ3n) is 5.71. The Bertz CT molecular complexity index is 545. The molecule has 27 heavy (non-hydrogen) atoms. The fourth-order valence-electron chi connectivity index (χ4n) is 4.49. The maximum Gasteiger partial charge on any atom is 0.201 e. The van der Waals surface area contributed by atoms with E-state index >= 15 is 0 Å². The third-order valence-corrected chi connectivity index (χ3v) is 11.8. The van der Waals surface area contributed by atoms with E-state index < -0.39 is 33.0 Å². The van der Waals surface area contributed by atoms with E-state index in [-0.39, 0.29) is 6.61 Å². The second kappa shape index (κ2) is 9.61. The van der Waals surface area contributed by atoms with Gasteiger partial charge >= 0.3 is 0 Å². The van der Waals surface area contributed by atoms with Crippen LogP contribution in [0, 0.1) is 0 Å². The minimum absolute atomic E-state index is 0.190. The fraction of sp³-hybridized carbons (Fsp3) is 0.714. The van der Waals surface area contributed by atoms with Gasteiger partial charge in [-0.1, -0.05) is 71.9 Å². The molecule has 0 spiro atoms. The standard InChI is InChI=1S/C21H35FO4Si/c1-14(2)27(15(3)4,16(5)6)26-20-18(25-21(23)19(20)22)13-24-12-17-10-8-7-9-11-17/h7-11,14-16,18-21,23H,12-13H2,1-6H3/t18-,19+,20-,21+/m1/s1. The summed E-state index contributed by atoms with van der Waals surface area (Å²) in [5, 5.41) is 9.95. The summed E-state index contributed by atoms with van der Waals surface area (Å²) in [7, 11) is -2.30. The summed E-state index contributed by atoms with van der Waals surface area (Å²) < 4.78 is 32.6. The number of rotatable bonds is 9. The summed E-state index contributed by atoms with van der Waals surface area (Å²) in [6.45, 7) is 13.6. The number of benzene rings is 1. The summed E-state index contributed by atoms with van der Waals surface area (Å²) in [5.74, 6) is 0. The Morgan fingerprint density at radius 3 is 2.11 bits per heavy atom. The molecule has 4 nitrogen and oxygen atoms in total. The molecule has 2 rings (SSSR count). The summed E-state index contributed by atoms with van der Waals surface area (Å²) >= 11 is 0. The molecule has 4 atom stereocenters. The molecule has 0 saturated carbocycles. The van der Waals surface area contributed by atoms with Gasteiger partial charge in [-0.15, -0.1) is 0 Å². The van der Waals surface area contributed by atoms with Crippen LogP contribution in [-0.4, -0.2) is 44.7 Å². The monoisotopic (exact) mass is 398 g/mol. The second-order valence-corrected chi connectivity index (χ2v) is 13.8. The van der Waals surface area contributed by atoms with Gasteiger partial charge in [0.1, 0.15) is 12.2 Å². The van der Waals surface area contributed by atoms with Crippen LogP contribution in [0.4, 0.5) is 4.39 Å². The topological polar surface area (TPSA) is 47.9 Å². The van der Waals surface area contributed by atoms with Crippen molar-refractivity contribution in [1.29, 1.82) is 0 Å². The molecular weight excluding hydrogens is 363 g/mol. The number of aliphatic hydroxyl groups excluding tert-OH is 1. The highest BCUT2D eigenvalue weighted by Gasteiger charge is 2.53. The van der Waals surface area contributed by atoms with Gasteiger partial charge in [-0.3, -0.25) is 0 Å². The van der Waals surface area contributed by atoms with Crippen molar-refractivity contribution in [1.82, 2.24) is 0 Å². The number of hydrogen-bond donors (Lipinski definition) is 1. The van der Waals surface area contributed by atoms with Gasteiger partial charge in [0.15, 0.2) is 12.5 Å². The van der Waals surface area contributed by atoms with Gasteiger partial charge in [0.05, 0.1) is 13.2 Å². The lowest BCUT2D eigenvalue weighted by molar-refractivity contribution is -0.127. The lowest BCUT2D eigenvalue weighted by Gasteiger charge is -2.44. The number of aliphatic hydroxyl groups is 1. The Morgan fingerprint density at radius 2 is 1.59 bits per heavy atom.